The van der Waals surface area contributed by atoms with E-state index in [2.05, 4.69) is 56.5 Å². The number of nitrogens with two attached hydrogens (primary N) is 1. The van der Waals surface area contributed by atoms with Gasteiger partial charge < -0.3 is 20.9 Å². The van der Waals surface area contributed by atoms with Crippen molar-refractivity contribution in [2.45, 2.75) is 25.7 Å². The molecule has 3 heterocycles. The number of hydrogen-bond donors (Lipinski definition) is 2. The minimum absolute atomic E-state index is 0.670. The number of piperazine rings is 1. The summed E-state index contributed by atoms with van der Waals surface area (Å²) < 4.78 is 1.91. The number of nitrogens with one attached hydrogen (secondary N) is 1. The first kappa shape index (κ1) is 21.2. The highest BCUT2D eigenvalue weighted by Gasteiger charge is 2.20. The van der Waals surface area contributed by atoms with Crippen molar-refractivity contribution in [3.05, 3.63) is 36.7 Å². The van der Waals surface area contributed by atoms with E-state index in [1.54, 1.807) is 0 Å². The standard InChI is InChI=1S/C24H34N8/c1-30-10-12-31(13-11-30)21-6-8-22(9-7-21)32-23-20(17-28-32)16-27-24(29-23)26-15-19-4-2-18(14-25)3-5-19/h6-9,16-19H,2-5,10-15,25H2,1H3,(H,26,27,29). The van der Waals surface area contributed by atoms with Gasteiger partial charge in [-0.15, -0.1) is 0 Å². The Morgan fingerprint density at radius 1 is 0.938 bits per heavy atom. The monoisotopic (exact) mass is 434 g/mol. The van der Waals surface area contributed by atoms with Gasteiger partial charge in [0.25, 0.3) is 0 Å². The van der Waals surface area contributed by atoms with E-state index in [1.165, 1.54) is 31.4 Å². The fraction of sp³-hybridized carbons (Fsp3) is 0.542. The van der Waals surface area contributed by atoms with Gasteiger partial charge in [0.2, 0.25) is 5.95 Å². The summed E-state index contributed by atoms with van der Waals surface area (Å²) in [4.78, 5) is 14.1. The Bertz CT molecular complexity index is 1010. The number of rotatable bonds is 6. The minimum atomic E-state index is 0.670. The van der Waals surface area contributed by atoms with E-state index in [-0.39, 0.29) is 0 Å². The molecule has 2 aromatic heterocycles. The average molecular weight is 435 g/mol. The molecular weight excluding hydrogens is 400 g/mol. The second-order valence-electron chi connectivity index (χ2n) is 9.34. The number of benzene rings is 1. The Morgan fingerprint density at radius 3 is 2.34 bits per heavy atom. The van der Waals surface area contributed by atoms with Crippen LogP contribution in [0.1, 0.15) is 25.7 Å². The van der Waals surface area contributed by atoms with Gasteiger partial charge in [0, 0.05) is 44.6 Å². The van der Waals surface area contributed by atoms with Crippen molar-refractivity contribution < 1.29 is 0 Å². The molecule has 0 atom stereocenters. The van der Waals surface area contributed by atoms with Crippen LogP contribution in [0.2, 0.25) is 0 Å². The van der Waals surface area contributed by atoms with Crippen LogP contribution in [0.25, 0.3) is 16.7 Å². The predicted octanol–water partition coefficient (Wildman–Crippen LogP) is 2.74. The van der Waals surface area contributed by atoms with E-state index in [0.717, 1.165) is 56.0 Å². The lowest BCUT2D eigenvalue weighted by Gasteiger charge is -2.34. The van der Waals surface area contributed by atoms with Gasteiger partial charge in [-0.05, 0) is 75.4 Å². The Hall–Kier alpha value is -2.71. The third kappa shape index (κ3) is 4.56. The van der Waals surface area contributed by atoms with Gasteiger partial charge in [-0.3, -0.25) is 0 Å². The van der Waals surface area contributed by atoms with E-state index >= 15 is 0 Å². The SMILES string of the molecule is CN1CCN(c2ccc(-n3ncc4cnc(NCC5CCC(CN)CC5)nc43)cc2)CC1. The molecule has 1 aliphatic carbocycles. The maximum absolute atomic E-state index is 5.82. The van der Waals surface area contributed by atoms with Crippen molar-refractivity contribution in [1.29, 1.82) is 0 Å². The zero-order chi connectivity index (χ0) is 21.9. The lowest BCUT2D eigenvalue weighted by Crippen LogP contribution is -2.44. The Balaban J connectivity index is 1.27. The van der Waals surface area contributed by atoms with Crippen LogP contribution in [0.5, 0.6) is 0 Å². The molecule has 1 saturated heterocycles. The van der Waals surface area contributed by atoms with Gasteiger partial charge in [0.15, 0.2) is 5.65 Å². The molecule has 0 spiro atoms. The van der Waals surface area contributed by atoms with Crippen molar-refractivity contribution >= 4 is 22.7 Å². The Kier molecular flexibility index (Phi) is 6.23. The second kappa shape index (κ2) is 9.42. The first-order valence-electron chi connectivity index (χ1n) is 11.9. The average Bonchev–Trinajstić information content (AvgIpc) is 3.27. The minimum Gasteiger partial charge on any atom is -0.369 e. The quantitative estimate of drug-likeness (QED) is 0.617. The van der Waals surface area contributed by atoms with E-state index in [1.807, 2.05) is 17.1 Å². The Morgan fingerprint density at radius 2 is 1.62 bits per heavy atom. The van der Waals surface area contributed by atoms with E-state index in [0.29, 0.717) is 17.8 Å². The lowest BCUT2D eigenvalue weighted by atomic mass is 9.82. The largest absolute Gasteiger partial charge is 0.369 e. The van der Waals surface area contributed by atoms with Crippen molar-refractivity contribution in [1.82, 2.24) is 24.6 Å². The van der Waals surface area contributed by atoms with Crippen molar-refractivity contribution in [3.8, 4) is 5.69 Å². The van der Waals surface area contributed by atoms with Crippen molar-refractivity contribution in [3.63, 3.8) is 0 Å². The summed E-state index contributed by atoms with van der Waals surface area (Å²) in [7, 11) is 2.18. The molecular formula is C24H34N8. The van der Waals surface area contributed by atoms with Crippen LogP contribution in [0, 0.1) is 11.8 Å². The number of anilines is 2. The molecule has 5 rings (SSSR count). The zero-order valence-corrected chi connectivity index (χ0v) is 19.0. The second-order valence-corrected chi connectivity index (χ2v) is 9.34. The van der Waals surface area contributed by atoms with Crippen LogP contribution in [0.3, 0.4) is 0 Å². The molecule has 0 bridgehead atoms. The first-order valence-corrected chi connectivity index (χ1v) is 11.9. The summed E-state index contributed by atoms with van der Waals surface area (Å²) in [6.07, 6.45) is 8.63. The molecule has 1 saturated carbocycles. The first-order chi connectivity index (χ1) is 15.7. The molecule has 8 nitrogen and oxygen atoms in total. The molecule has 3 N–H and O–H groups in total. The maximum atomic E-state index is 5.82. The molecule has 0 unspecified atom stereocenters. The highest BCUT2D eigenvalue weighted by Crippen LogP contribution is 2.28. The fourth-order valence-electron chi connectivity index (χ4n) is 4.87. The molecule has 2 aliphatic rings. The number of aromatic nitrogens is 4. The molecule has 0 radical (unpaired) electrons. The van der Waals surface area contributed by atoms with Crippen molar-refractivity contribution in [2.75, 3.05) is 56.5 Å². The van der Waals surface area contributed by atoms with Gasteiger partial charge in [-0.25, -0.2) is 9.67 Å². The number of likely N-dealkylation sites (N-methyl/N-ethyl adjacent to an activating group) is 1. The highest BCUT2D eigenvalue weighted by atomic mass is 15.3. The predicted molar refractivity (Wildman–Crippen MR) is 129 cm³/mol. The third-order valence-corrected chi connectivity index (χ3v) is 7.12. The molecule has 8 heteroatoms. The smallest absolute Gasteiger partial charge is 0.224 e. The van der Waals surface area contributed by atoms with Crippen LogP contribution in [-0.2, 0) is 0 Å². The molecule has 170 valence electrons. The van der Waals surface area contributed by atoms with Gasteiger partial charge in [-0.1, -0.05) is 0 Å². The number of nitrogens with zero attached hydrogens (tertiary/aromatic N) is 6. The highest BCUT2D eigenvalue weighted by molar-refractivity contribution is 5.76. The normalized spacial score (nSPS) is 22.4. The van der Waals surface area contributed by atoms with Gasteiger partial charge in [0.05, 0.1) is 17.3 Å². The Labute approximate surface area is 189 Å². The van der Waals surface area contributed by atoms with Crippen LogP contribution in [0.4, 0.5) is 11.6 Å². The maximum Gasteiger partial charge on any atom is 0.224 e. The zero-order valence-electron chi connectivity index (χ0n) is 19.0. The summed E-state index contributed by atoms with van der Waals surface area (Å²) in [6, 6.07) is 8.63. The number of fused-ring (bicyclic) bond motifs is 1. The number of hydrogen-bond acceptors (Lipinski definition) is 7. The van der Waals surface area contributed by atoms with Gasteiger partial charge in [-0.2, -0.15) is 10.1 Å². The van der Waals surface area contributed by atoms with Crippen LogP contribution in [-0.4, -0.2) is 71.0 Å². The molecule has 1 aromatic carbocycles. The fourth-order valence-corrected chi connectivity index (χ4v) is 4.87. The topological polar surface area (TPSA) is 88.1 Å². The lowest BCUT2D eigenvalue weighted by molar-refractivity contribution is 0.289. The van der Waals surface area contributed by atoms with Gasteiger partial charge in [0.1, 0.15) is 0 Å². The van der Waals surface area contributed by atoms with Crippen LogP contribution in [0.15, 0.2) is 36.7 Å². The van der Waals surface area contributed by atoms with Crippen LogP contribution >= 0.6 is 0 Å². The summed E-state index contributed by atoms with van der Waals surface area (Å²) in [5.41, 5.74) is 8.94. The summed E-state index contributed by atoms with van der Waals surface area (Å²) >= 11 is 0. The molecule has 32 heavy (non-hydrogen) atoms. The van der Waals surface area contributed by atoms with E-state index in [4.69, 9.17) is 10.7 Å². The van der Waals surface area contributed by atoms with Crippen LogP contribution < -0.4 is 16.0 Å². The van der Waals surface area contributed by atoms with E-state index in [9.17, 15) is 0 Å². The molecule has 0 amide bonds. The summed E-state index contributed by atoms with van der Waals surface area (Å²) in [6.45, 7) is 6.07. The summed E-state index contributed by atoms with van der Waals surface area (Å²) in [5.74, 6) is 2.05. The van der Waals surface area contributed by atoms with Crippen molar-refractivity contribution in [2.24, 2.45) is 17.6 Å². The summed E-state index contributed by atoms with van der Waals surface area (Å²) in [5, 5.41) is 8.99. The molecule has 3 aromatic rings. The third-order valence-electron chi connectivity index (χ3n) is 7.12. The van der Waals surface area contributed by atoms with Gasteiger partial charge >= 0.3 is 0 Å². The molecule has 1 aliphatic heterocycles. The molecule has 2 fully saturated rings. The van der Waals surface area contributed by atoms with E-state index < -0.39 is 0 Å².